The molecule has 0 amide bonds. The smallest absolute Gasteiger partial charge is 0.150 e. The van der Waals surface area contributed by atoms with Gasteiger partial charge in [0, 0.05) is 33.5 Å². The third kappa shape index (κ3) is 3.37. The molecule has 0 saturated carbocycles. The molecular weight excluding hydrogens is 474 g/mol. The van der Waals surface area contributed by atoms with Crippen LogP contribution >= 0.6 is 0 Å². The Bertz CT molecular complexity index is 1720. The molecule has 0 radical (unpaired) electrons. The van der Waals surface area contributed by atoms with E-state index in [2.05, 4.69) is 136 Å². The van der Waals surface area contributed by atoms with Gasteiger partial charge in [-0.15, -0.1) is 0 Å². The molecule has 2 nitrogen and oxygen atoms in total. The van der Waals surface area contributed by atoms with Gasteiger partial charge >= 0.3 is 0 Å². The first-order valence-corrected chi connectivity index (χ1v) is 13.6. The van der Waals surface area contributed by atoms with Gasteiger partial charge in [0.15, 0.2) is 0 Å². The minimum Gasteiger partial charge on any atom is -0.310 e. The van der Waals surface area contributed by atoms with Crippen LogP contribution in [0.1, 0.15) is 60.3 Å². The van der Waals surface area contributed by atoms with Gasteiger partial charge in [-0.1, -0.05) is 82.3 Å². The van der Waals surface area contributed by atoms with Gasteiger partial charge in [-0.05, 0) is 99.1 Å². The monoisotopic (exact) mass is 505 g/mol. The van der Waals surface area contributed by atoms with Crippen LogP contribution in [0.5, 0.6) is 0 Å². The maximum absolute atomic E-state index is 11.5. The van der Waals surface area contributed by atoms with E-state index in [4.69, 9.17) is 0 Å². The standard InChI is InChI=1S/C37H31NO/c1-36(2)32-19-24(23-39)15-17-28(32)30-21-35-31(22-34(30)36)29-18-16-27(20-33(29)37(35,3)4)38(25-11-7-5-8-12-25)26-13-9-6-10-14-26/h5-23H,1-4H3. The lowest BCUT2D eigenvalue weighted by molar-refractivity contribution is 0.112. The molecule has 0 aliphatic heterocycles. The summed E-state index contributed by atoms with van der Waals surface area (Å²) in [5, 5.41) is 0. The summed E-state index contributed by atoms with van der Waals surface area (Å²) >= 11 is 0. The van der Waals surface area contributed by atoms with E-state index < -0.39 is 0 Å². The number of carbonyl (C=O) groups is 1. The van der Waals surface area contributed by atoms with Gasteiger partial charge in [-0.3, -0.25) is 4.79 Å². The highest BCUT2D eigenvalue weighted by Gasteiger charge is 2.42. The highest BCUT2D eigenvalue weighted by Crippen LogP contribution is 2.56. The van der Waals surface area contributed by atoms with Crippen molar-refractivity contribution in [3.05, 3.63) is 137 Å². The number of rotatable bonds is 4. The van der Waals surface area contributed by atoms with E-state index in [1.807, 2.05) is 6.07 Å². The number of hydrogen-bond donors (Lipinski definition) is 0. The van der Waals surface area contributed by atoms with Crippen LogP contribution in [0.15, 0.2) is 109 Å². The van der Waals surface area contributed by atoms with E-state index in [0.29, 0.717) is 0 Å². The van der Waals surface area contributed by atoms with Crippen molar-refractivity contribution in [2.45, 2.75) is 38.5 Å². The Labute approximate surface area is 230 Å². The first kappa shape index (κ1) is 23.7. The first-order valence-electron chi connectivity index (χ1n) is 13.6. The fourth-order valence-electron chi connectivity index (χ4n) is 6.78. The summed E-state index contributed by atoms with van der Waals surface area (Å²) in [6, 6.07) is 39.1. The summed E-state index contributed by atoms with van der Waals surface area (Å²) in [5.74, 6) is 0. The molecule has 2 aliphatic carbocycles. The molecule has 39 heavy (non-hydrogen) atoms. The number of para-hydroxylation sites is 2. The third-order valence-electron chi connectivity index (χ3n) is 8.90. The minimum atomic E-state index is -0.164. The van der Waals surface area contributed by atoms with E-state index >= 15 is 0 Å². The molecule has 0 N–H and O–H groups in total. The van der Waals surface area contributed by atoms with Crippen molar-refractivity contribution in [1.82, 2.24) is 0 Å². The van der Waals surface area contributed by atoms with E-state index in [1.165, 1.54) is 44.5 Å². The average Bonchev–Trinajstić information content (AvgIpc) is 3.32. The number of benzene rings is 5. The fourth-order valence-corrected chi connectivity index (χ4v) is 6.78. The zero-order valence-electron chi connectivity index (χ0n) is 22.8. The molecule has 0 heterocycles. The predicted molar refractivity (Wildman–Crippen MR) is 162 cm³/mol. The number of carbonyl (C=O) groups excluding carboxylic acids is 1. The number of nitrogens with zero attached hydrogens (tertiary/aromatic N) is 1. The molecule has 0 aromatic heterocycles. The Kier molecular flexibility index (Phi) is 5.03. The second kappa shape index (κ2) is 8.28. The molecule has 5 aromatic carbocycles. The van der Waals surface area contributed by atoms with Crippen LogP contribution in [0.4, 0.5) is 17.1 Å². The highest BCUT2D eigenvalue weighted by molar-refractivity contribution is 5.92. The molecule has 0 unspecified atom stereocenters. The zero-order chi connectivity index (χ0) is 26.9. The minimum absolute atomic E-state index is 0.148. The number of fused-ring (bicyclic) bond motifs is 6. The molecular formula is C37H31NO. The Morgan fingerprint density at radius 2 is 0.949 bits per heavy atom. The van der Waals surface area contributed by atoms with Crippen LogP contribution in [-0.4, -0.2) is 6.29 Å². The van der Waals surface area contributed by atoms with E-state index in [1.54, 1.807) is 0 Å². The van der Waals surface area contributed by atoms with Gasteiger partial charge in [0.25, 0.3) is 0 Å². The van der Waals surface area contributed by atoms with Gasteiger partial charge in [0.2, 0.25) is 0 Å². The van der Waals surface area contributed by atoms with Crippen LogP contribution in [0.2, 0.25) is 0 Å². The normalized spacial score (nSPS) is 15.2. The summed E-state index contributed by atoms with van der Waals surface area (Å²) in [5.41, 5.74) is 14.3. The number of anilines is 3. The molecule has 0 bridgehead atoms. The van der Waals surface area contributed by atoms with Crippen LogP contribution in [0.3, 0.4) is 0 Å². The van der Waals surface area contributed by atoms with Gasteiger partial charge < -0.3 is 4.90 Å². The van der Waals surface area contributed by atoms with Gasteiger partial charge in [-0.25, -0.2) is 0 Å². The summed E-state index contributed by atoms with van der Waals surface area (Å²) in [4.78, 5) is 13.9. The summed E-state index contributed by atoms with van der Waals surface area (Å²) < 4.78 is 0. The van der Waals surface area contributed by atoms with Crippen molar-refractivity contribution in [1.29, 1.82) is 0 Å². The Morgan fingerprint density at radius 1 is 0.487 bits per heavy atom. The first-order chi connectivity index (χ1) is 18.8. The largest absolute Gasteiger partial charge is 0.310 e. The molecule has 0 atom stereocenters. The molecule has 190 valence electrons. The third-order valence-corrected chi connectivity index (χ3v) is 8.90. The van der Waals surface area contributed by atoms with Crippen LogP contribution < -0.4 is 4.90 Å². The molecule has 0 saturated heterocycles. The van der Waals surface area contributed by atoms with E-state index in [0.717, 1.165) is 28.9 Å². The van der Waals surface area contributed by atoms with Crippen LogP contribution in [0.25, 0.3) is 22.3 Å². The maximum Gasteiger partial charge on any atom is 0.150 e. The lowest BCUT2D eigenvalue weighted by atomic mass is 9.79. The predicted octanol–water partition coefficient (Wildman–Crippen LogP) is 9.58. The van der Waals surface area contributed by atoms with E-state index in [9.17, 15) is 4.79 Å². The molecule has 2 heteroatoms. The van der Waals surface area contributed by atoms with Crippen molar-refractivity contribution >= 4 is 23.3 Å². The van der Waals surface area contributed by atoms with Gasteiger partial charge in [-0.2, -0.15) is 0 Å². The number of aldehydes is 1. The lowest BCUT2D eigenvalue weighted by Gasteiger charge is -2.28. The Balaban J connectivity index is 1.40. The van der Waals surface area contributed by atoms with Crippen molar-refractivity contribution in [3.63, 3.8) is 0 Å². The van der Waals surface area contributed by atoms with Crippen molar-refractivity contribution in [2.75, 3.05) is 4.90 Å². The zero-order valence-corrected chi connectivity index (χ0v) is 22.8. The SMILES string of the molecule is CC1(C)c2cc(C=O)ccc2-c2cc3c(cc21)-c1ccc(N(c2ccccc2)c2ccccc2)cc1C3(C)C. The average molecular weight is 506 g/mol. The second-order valence-electron chi connectivity index (χ2n) is 11.9. The van der Waals surface area contributed by atoms with Crippen LogP contribution in [0, 0.1) is 0 Å². The van der Waals surface area contributed by atoms with Gasteiger partial charge in [0.1, 0.15) is 6.29 Å². The fraction of sp³-hybridized carbons (Fsp3) is 0.162. The van der Waals surface area contributed by atoms with Crippen molar-refractivity contribution in [2.24, 2.45) is 0 Å². The van der Waals surface area contributed by atoms with Crippen molar-refractivity contribution in [3.8, 4) is 22.3 Å². The molecule has 0 spiro atoms. The Hall–Kier alpha value is -4.43. The Morgan fingerprint density at radius 3 is 1.46 bits per heavy atom. The molecule has 0 fully saturated rings. The second-order valence-corrected chi connectivity index (χ2v) is 11.9. The maximum atomic E-state index is 11.5. The topological polar surface area (TPSA) is 20.3 Å². The summed E-state index contributed by atoms with van der Waals surface area (Å²) in [7, 11) is 0. The molecule has 5 aromatic rings. The van der Waals surface area contributed by atoms with Crippen molar-refractivity contribution < 1.29 is 4.79 Å². The van der Waals surface area contributed by atoms with Crippen LogP contribution in [-0.2, 0) is 10.8 Å². The summed E-state index contributed by atoms with van der Waals surface area (Å²) in [6.07, 6.45) is 0.949. The highest BCUT2D eigenvalue weighted by atomic mass is 16.1. The quantitative estimate of drug-likeness (QED) is 0.227. The molecule has 7 rings (SSSR count). The van der Waals surface area contributed by atoms with Gasteiger partial charge in [0.05, 0.1) is 0 Å². The van der Waals surface area contributed by atoms with E-state index in [-0.39, 0.29) is 10.8 Å². The summed E-state index contributed by atoms with van der Waals surface area (Å²) in [6.45, 7) is 9.25. The molecule has 2 aliphatic rings. The number of hydrogen-bond acceptors (Lipinski definition) is 2. The lowest BCUT2D eigenvalue weighted by Crippen LogP contribution is -2.17.